The second-order valence-electron chi connectivity index (χ2n) is 3.17. The van der Waals surface area contributed by atoms with Crippen LogP contribution in [0.15, 0.2) is 29.2 Å². The normalized spacial score (nSPS) is 10.1. The smallest absolute Gasteiger partial charge is 0.230 e. The molecule has 0 saturated heterocycles. The number of carbonyl (C=O) groups excluding carboxylic acids is 1. The van der Waals surface area contributed by atoms with Crippen molar-refractivity contribution in [1.29, 1.82) is 0 Å². The van der Waals surface area contributed by atoms with E-state index in [4.69, 9.17) is 5.11 Å². The van der Waals surface area contributed by atoms with Crippen molar-refractivity contribution in [1.82, 2.24) is 5.32 Å². The van der Waals surface area contributed by atoms with Gasteiger partial charge in [0, 0.05) is 18.0 Å². The first-order valence-corrected chi connectivity index (χ1v) is 5.97. The molecule has 0 fully saturated rings. The zero-order valence-electron chi connectivity index (χ0n) is 8.78. The topological polar surface area (TPSA) is 49.3 Å². The molecule has 0 aliphatic rings. The molecule has 0 atom stereocenters. The van der Waals surface area contributed by atoms with E-state index in [1.54, 1.807) is 12.1 Å². The molecule has 1 rings (SSSR count). The standard InChI is InChI=1S/C11H14FNO2S/c12-9-2-4-10(5-3-9)16-8-11(15)13-6-1-7-14/h2-5,14H,1,6-8H2,(H,13,15). The number of rotatable bonds is 6. The van der Waals surface area contributed by atoms with Gasteiger partial charge in [0.05, 0.1) is 5.75 Å². The third-order valence-corrected chi connectivity index (χ3v) is 2.85. The SMILES string of the molecule is O=C(CSc1ccc(F)cc1)NCCCO. The Kier molecular flexibility index (Phi) is 5.88. The fraction of sp³-hybridized carbons (Fsp3) is 0.364. The number of benzene rings is 1. The maximum atomic E-state index is 12.6. The third-order valence-electron chi connectivity index (χ3n) is 1.84. The second kappa shape index (κ2) is 7.24. The van der Waals surface area contributed by atoms with Gasteiger partial charge in [0.15, 0.2) is 0 Å². The number of aliphatic hydroxyl groups excluding tert-OH is 1. The molecule has 2 N–H and O–H groups in total. The second-order valence-corrected chi connectivity index (χ2v) is 4.22. The number of nitrogens with one attached hydrogen (secondary N) is 1. The first-order chi connectivity index (χ1) is 7.72. The summed E-state index contributed by atoms with van der Waals surface area (Å²) in [7, 11) is 0. The number of carbonyl (C=O) groups is 1. The van der Waals surface area contributed by atoms with Crippen LogP contribution in [-0.4, -0.2) is 29.9 Å². The molecule has 0 bridgehead atoms. The van der Waals surface area contributed by atoms with Crippen molar-refractivity contribution in [2.45, 2.75) is 11.3 Å². The van der Waals surface area contributed by atoms with Crippen molar-refractivity contribution < 1.29 is 14.3 Å². The van der Waals surface area contributed by atoms with Crippen LogP contribution in [-0.2, 0) is 4.79 Å². The van der Waals surface area contributed by atoms with E-state index in [2.05, 4.69) is 5.32 Å². The van der Waals surface area contributed by atoms with Crippen LogP contribution in [0, 0.1) is 5.82 Å². The monoisotopic (exact) mass is 243 g/mol. The average molecular weight is 243 g/mol. The summed E-state index contributed by atoms with van der Waals surface area (Å²) in [5, 5.41) is 11.2. The molecule has 0 heterocycles. The molecule has 88 valence electrons. The molecule has 0 radical (unpaired) electrons. The van der Waals surface area contributed by atoms with Gasteiger partial charge in [0.25, 0.3) is 0 Å². The minimum Gasteiger partial charge on any atom is -0.396 e. The Hall–Kier alpha value is -1.07. The van der Waals surface area contributed by atoms with E-state index in [0.29, 0.717) is 18.7 Å². The van der Waals surface area contributed by atoms with Crippen molar-refractivity contribution in [3.8, 4) is 0 Å². The van der Waals surface area contributed by atoms with E-state index < -0.39 is 0 Å². The molecule has 3 nitrogen and oxygen atoms in total. The van der Waals surface area contributed by atoms with Crippen molar-refractivity contribution in [2.24, 2.45) is 0 Å². The van der Waals surface area contributed by atoms with Crippen molar-refractivity contribution in [3.05, 3.63) is 30.1 Å². The van der Waals surface area contributed by atoms with Crippen LogP contribution in [0.2, 0.25) is 0 Å². The first kappa shape index (κ1) is 13.0. The minimum absolute atomic E-state index is 0.0748. The number of aliphatic hydroxyl groups is 1. The lowest BCUT2D eigenvalue weighted by Gasteiger charge is -2.03. The van der Waals surface area contributed by atoms with Gasteiger partial charge in [-0.2, -0.15) is 0 Å². The van der Waals surface area contributed by atoms with E-state index >= 15 is 0 Å². The summed E-state index contributed by atoms with van der Waals surface area (Å²) in [4.78, 5) is 12.1. The summed E-state index contributed by atoms with van der Waals surface area (Å²) in [5.74, 6) is -0.0589. The number of halogens is 1. The van der Waals surface area contributed by atoms with E-state index in [9.17, 15) is 9.18 Å². The predicted molar refractivity (Wildman–Crippen MR) is 61.8 cm³/mol. The Morgan fingerprint density at radius 1 is 1.38 bits per heavy atom. The molecule has 1 aromatic carbocycles. The molecule has 0 aromatic heterocycles. The maximum Gasteiger partial charge on any atom is 0.230 e. The highest BCUT2D eigenvalue weighted by atomic mass is 32.2. The van der Waals surface area contributed by atoms with Crippen molar-refractivity contribution in [2.75, 3.05) is 18.9 Å². The van der Waals surface area contributed by atoms with Gasteiger partial charge in [-0.3, -0.25) is 4.79 Å². The number of thioether (sulfide) groups is 1. The molecule has 0 aliphatic heterocycles. The fourth-order valence-corrected chi connectivity index (χ4v) is 1.77. The molecule has 1 amide bonds. The van der Waals surface area contributed by atoms with Gasteiger partial charge in [-0.15, -0.1) is 11.8 Å². The highest BCUT2D eigenvalue weighted by Crippen LogP contribution is 2.17. The lowest BCUT2D eigenvalue weighted by atomic mass is 10.4. The molecule has 0 aliphatic carbocycles. The molecular weight excluding hydrogens is 229 g/mol. The van der Waals surface area contributed by atoms with Gasteiger partial charge in [0.1, 0.15) is 5.82 Å². The quantitative estimate of drug-likeness (QED) is 0.587. The molecular formula is C11H14FNO2S. The maximum absolute atomic E-state index is 12.6. The Labute approximate surface area is 98.1 Å². The van der Waals surface area contributed by atoms with Gasteiger partial charge >= 0.3 is 0 Å². The summed E-state index contributed by atoms with van der Waals surface area (Å²) in [6.45, 7) is 0.560. The largest absolute Gasteiger partial charge is 0.396 e. The van der Waals surface area contributed by atoms with Gasteiger partial charge in [-0.25, -0.2) is 4.39 Å². The zero-order chi connectivity index (χ0) is 11.8. The number of hydrogen-bond donors (Lipinski definition) is 2. The van der Waals surface area contributed by atoms with Crippen LogP contribution in [0.4, 0.5) is 4.39 Å². The van der Waals surface area contributed by atoms with Crippen molar-refractivity contribution in [3.63, 3.8) is 0 Å². The van der Waals surface area contributed by atoms with E-state index in [0.717, 1.165) is 4.90 Å². The highest BCUT2D eigenvalue weighted by molar-refractivity contribution is 8.00. The predicted octanol–water partition coefficient (Wildman–Crippen LogP) is 1.42. The van der Waals surface area contributed by atoms with Gasteiger partial charge < -0.3 is 10.4 Å². The van der Waals surface area contributed by atoms with E-state index in [1.807, 2.05) is 0 Å². The minimum atomic E-state index is -0.281. The Morgan fingerprint density at radius 3 is 2.69 bits per heavy atom. The van der Waals surface area contributed by atoms with Crippen LogP contribution >= 0.6 is 11.8 Å². The van der Waals surface area contributed by atoms with Crippen LogP contribution < -0.4 is 5.32 Å². The van der Waals surface area contributed by atoms with Gasteiger partial charge in [0.2, 0.25) is 5.91 Å². The molecule has 5 heteroatoms. The van der Waals surface area contributed by atoms with Crippen molar-refractivity contribution >= 4 is 17.7 Å². The third kappa shape index (κ3) is 5.14. The number of hydrogen-bond acceptors (Lipinski definition) is 3. The summed E-state index contributed by atoms with van der Waals surface area (Å²) >= 11 is 1.35. The molecule has 0 saturated carbocycles. The van der Waals surface area contributed by atoms with Gasteiger partial charge in [-0.1, -0.05) is 0 Å². The summed E-state index contributed by atoms with van der Waals surface area (Å²) < 4.78 is 12.6. The summed E-state index contributed by atoms with van der Waals surface area (Å²) in [5.41, 5.74) is 0. The lowest BCUT2D eigenvalue weighted by molar-refractivity contribution is -0.118. The van der Waals surface area contributed by atoms with Crippen LogP contribution in [0.3, 0.4) is 0 Å². The molecule has 0 spiro atoms. The average Bonchev–Trinajstić information content (AvgIpc) is 2.29. The van der Waals surface area contributed by atoms with Crippen LogP contribution in [0.5, 0.6) is 0 Å². The Morgan fingerprint density at radius 2 is 2.06 bits per heavy atom. The zero-order valence-corrected chi connectivity index (χ0v) is 9.60. The van der Waals surface area contributed by atoms with Gasteiger partial charge in [-0.05, 0) is 30.7 Å². The number of amides is 1. The first-order valence-electron chi connectivity index (χ1n) is 4.98. The summed E-state index contributed by atoms with van der Waals surface area (Å²) in [6.07, 6.45) is 0.562. The van der Waals surface area contributed by atoms with Crippen LogP contribution in [0.25, 0.3) is 0 Å². The summed E-state index contributed by atoms with van der Waals surface area (Å²) in [6, 6.07) is 6.01. The van der Waals surface area contributed by atoms with Crippen LogP contribution in [0.1, 0.15) is 6.42 Å². The highest BCUT2D eigenvalue weighted by Gasteiger charge is 2.02. The molecule has 16 heavy (non-hydrogen) atoms. The molecule has 0 unspecified atom stereocenters. The lowest BCUT2D eigenvalue weighted by Crippen LogP contribution is -2.26. The fourth-order valence-electron chi connectivity index (χ4n) is 1.04. The Bertz CT molecular complexity index is 329. The van der Waals surface area contributed by atoms with E-state index in [-0.39, 0.29) is 18.3 Å². The molecule has 1 aromatic rings. The Balaban J connectivity index is 2.23. The van der Waals surface area contributed by atoms with E-state index in [1.165, 1.54) is 23.9 Å².